The summed E-state index contributed by atoms with van der Waals surface area (Å²) in [6.07, 6.45) is 1.62. The standard InChI is InChI=1S/C26H19Br2ClN2O5S/c1-35-21-11-15(10-18(28)24(21)36-14-23(32)30-20-9-5-4-8-19(20)29)12-22-25(33)31(26(34)37-22)13-16-6-2-3-7-17(16)27/h2-12H,13-14H2,1H3,(H,30,32)/b22-12-. The highest BCUT2D eigenvalue weighted by Crippen LogP contribution is 2.39. The van der Waals surface area contributed by atoms with Crippen molar-refractivity contribution in [1.82, 2.24) is 4.90 Å². The highest BCUT2D eigenvalue weighted by atomic mass is 79.9. The van der Waals surface area contributed by atoms with E-state index in [-0.39, 0.29) is 24.3 Å². The fraction of sp³-hybridized carbons (Fsp3) is 0.115. The van der Waals surface area contributed by atoms with E-state index in [2.05, 4.69) is 37.2 Å². The molecule has 7 nitrogen and oxygen atoms in total. The van der Waals surface area contributed by atoms with Gasteiger partial charge >= 0.3 is 0 Å². The molecule has 0 spiro atoms. The SMILES string of the molecule is COc1cc(/C=C2\SC(=O)N(Cc3ccccc3Br)C2=O)cc(Br)c1OCC(=O)Nc1ccccc1Cl. The summed E-state index contributed by atoms with van der Waals surface area (Å²) >= 11 is 13.9. The molecule has 1 N–H and O–H groups in total. The van der Waals surface area contributed by atoms with Gasteiger partial charge in [0.15, 0.2) is 18.1 Å². The Hall–Kier alpha value is -2.79. The first kappa shape index (κ1) is 27.3. The van der Waals surface area contributed by atoms with Crippen LogP contribution >= 0.6 is 55.2 Å². The number of methoxy groups -OCH3 is 1. The number of amides is 3. The Morgan fingerprint density at radius 2 is 1.81 bits per heavy atom. The molecule has 0 atom stereocenters. The van der Waals surface area contributed by atoms with E-state index in [9.17, 15) is 14.4 Å². The number of halogens is 3. The fourth-order valence-electron chi connectivity index (χ4n) is 3.43. The summed E-state index contributed by atoms with van der Waals surface area (Å²) in [5.41, 5.74) is 1.92. The lowest BCUT2D eigenvalue weighted by atomic mass is 10.1. The maximum absolute atomic E-state index is 13.0. The third-order valence-electron chi connectivity index (χ3n) is 5.20. The molecular formula is C26H19Br2ClN2O5S. The smallest absolute Gasteiger partial charge is 0.293 e. The minimum atomic E-state index is -0.398. The van der Waals surface area contributed by atoms with Crippen LogP contribution in [0.15, 0.2) is 74.5 Å². The highest BCUT2D eigenvalue weighted by Gasteiger charge is 2.35. The van der Waals surface area contributed by atoms with Crippen molar-refractivity contribution in [1.29, 1.82) is 0 Å². The number of hydrogen-bond acceptors (Lipinski definition) is 6. The average molecular weight is 667 g/mol. The van der Waals surface area contributed by atoms with Crippen molar-refractivity contribution in [3.63, 3.8) is 0 Å². The van der Waals surface area contributed by atoms with Gasteiger partial charge in [0, 0.05) is 4.47 Å². The minimum Gasteiger partial charge on any atom is -0.493 e. The minimum absolute atomic E-state index is 0.166. The van der Waals surface area contributed by atoms with Gasteiger partial charge in [-0.1, -0.05) is 57.9 Å². The first-order valence-corrected chi connectivity index (χ1v) is 13.6. The molecule has 0 unspecified atom stereocenters. The van der Waals surface area contributed by atoms with Gasteiger partial charge in [0.2, 0.25) is 0 Å². The first-order valence-electron chi connectivity index (χ1n) is 10.8. The number of carbonyl (C=O) groups is 3. The molecule has 11 heteroatoms. The molecule has 0 aliphatic carbocycles. The molecule has 1 fully saturated rings. The number of benzene rings is 3. The van der Waals surface area contributed by atoms with Crippen molar-refractivity contribution >= 4 is 84.0 Å². The van der Waals surface area contributed by atoms with Gasteiger partial charge < -0.3 is 14.8 Å². The highest BCUT2D eigenvalue weighted by molar-refractivity contribution is 9.10. The Kier molecular flexibility index (Phi) is 8.96. The van der Waals surface area contributed by atoms with Crippen LogP contribution in [-0.2, 0) is 16.1 Å². The molecule has 37 heavy (non-hydrogen) atoms. The number of nitrogens with one attached hydrogen (secondary N) is 1. The third-order valence-corrected chi connectivity index (χ3v) is 7.80. The summed E-state index contributed by atoms with van der Waals surface area (Å²) in [6, 6.07) is 17.7. The Balaban J connectivity index is 1.48. The molecule has 1 saturated heterocycles. The van der Waals surface area contributed by atoms with Gasteiger partial charge in [-0.15, -0.1) is 0 Å². The van der Waals surface area contributed by atoms with Crippen LogP contribution in [0.5, 0.6) is 11.5 Å². The summed E-state index contributed by atoms with van der Waals surface area (Å²) in [7, 11) is 1.47. The fourth-order valence-corrected chi connectivity index (χ4v) is 5.44. The Bertz CT molecular complexity index is 1420. The van der Waals surface area contributed by atoms with E-state index in [1.807, 2.05) is 24.3 Å². The quantitative estimate of drug-likeness (QED) is 0.258. The lowest BCUT2D eigenvalue weighted by Gasteiger charge is -2.14. The van der Waals surface area contributed by atoms with E-state index < -0.39 is 5.91 Å². The zero-order valence-electron chi connectivity index (χ0n) is 19.3. The van der Waals surface area contributed by atoms with Crippen LogP contribution in [0.2, 0.25) is 5.02 Å². The molecule has 4 rings (SSSR count). The van der Waals surface area contributed by atoms with E-state index in [0.717, 1.165) is 21.8 Å². The van der Waals surface area contributed by atoms with Gasteiger partial charge in [-0.2, -0.15) is 0 Å². The Morgan fingerprint density at radius 1 is 1.08 bits per heavy atom. The van der Waals surface area contributed by atoms with Crippen LogP contribution in [0.3, 0.4) is 0 Å². The van der Waals surface area contributed by atoms with Gasteiger partial charge in [0.25, 0.3) is 17.1 Å². The molecule has 190 valence electrons. The summed E-state index contributed by atoms with van der Waals surface area (Å²) in [4.78, 5) is 39.4. The second-order valence-electron chi connectivity index (χ2n) is 7.71. The molecule has 0 saturated carbocycles. The number of nitrogens with zero attached hydrogens (tertiary/aromatic N) is 1. The number of para-hydroxylation sites is 1. The normalized spacial score (nSPS) is 14.3. The molecule has 0 aromatic heterocycles. The van der Waals surface area contributed by atoms with Crippen LogP contribution in [0.4, 0.5) is 10.5 Å². The lowest BCUT2D eigenvalue weighted by molar-refractivity contribution is -0.123. The second kappa shape index (κ2) is 12.2. The van der Waals surface area contributed by atoms with Gasteiger partial charge in [-0.05, 0) is 75.2 Å². The third kappa shape index (κ3) is 6.56. The van der Waals surface area contributed by atoms with Crippen molar-refractivity contribution < 1.29 is 23.9 Å². The van der Waals surface area contributed by atoms with E-state index >= 15 is 0 Å². The topological polar surface area (TPSA) is 84.9 Å². The number of carbonyl (C=O) groups excluding carboxylic acids is 3. The molecule has 3 aromatic rings. The van der Waals surface area contributed by atoms with Gasteiger partial charge in [0.1, 0.15) is 0 Å². The molecule has 0 bridgehead atoms. The maximum Gasteiger partial charge on any atom is 0.293 e. The number of thioether (sulfide) groups is 1. The van der Waals surface area contributed by atoms with Crippen LogP contribution in [-0.4, -0.2) is 35.7 Å². The van der Waals surface area contributed by atoms with Crippen molar-refractivity contribution in [2.75, 3.05) is 19.0 Å². The number of rotatable bonds is 8. The predicted molar refractivity (Wildman–Crippen MR) is 152 cm³/mol. The first-order chi connectivity index (χ1) is 17.8. The van der Waals surface area contributed by atoms with Crippen LogP contribution in [0.1, 0.15) is 11.1 Å². The van der Waals surface area contributed by atoms with Crippen molar-refractivity contribution in [3.05, 3.63) is 90.7 Å². The zero-order chi connectivity index (χ0) is 26.5. The molecule has 3 aromatic carbocycles. The molecule has 1 aliphatic rings. The largest absolute Gasteiger partial charge is 0.493 e. The van der Waals surface area contributed by atoms with Crippen molar-refractivity contribution in [3.8, 4) is 11.5 Å². The maximum atomic E-state index is 13.0. The number of anilines is 1. The van der Waals surface area contributed by atoms with Crippen molar-refractivity contribution in [2.45, 2.75) is 6.54 Å². The zero-order valence-corrected chi connectivity index (χ0v) is 24.0. The van der Waals surface area contributed by atoms with E-state index in [1.54, 1.807) is 42.5 Å². The summed E-state index contributed by atoms with van der Waals surface area (Å²) in [5.74, 6) is -0.114. The molecule has 1 heterocycles. The van der Waals surface area contributed by atoms with E-state index in [1.165, 1.54) is 12.0 Å². The van der Waals surface area contributed by atoms with Crippen LogP contribution in [0.25, 0.3) is 6.08 Å². The number of hydrogen-bond donors (Lipinski definition) is 1. The summed E-state index contributed by atoms with van der Waals surface area (Å²) in [6.45, 7) is -0.118. The van der Waals surface area contributed by atoms with E-state index in [0.29, 0.717) is 37.2 Å². The van der Waals surface area contributed by atoms with Gasteiger partial charge in [-0.25, -0.2) is 0 Å². The van der Waals surface area contributed by atoms with Crippen LogP contribution < -0.4 is 14.8 Å². The van der Waals surface area contributed by atoms with Gasteiger partial charge in [0.05, 0.1) is 33.7 Å². The monoisotopic (exact) mass is 664 g/mol. The Labute approximate surface area is 239 Å². The van der Waals surface area contributed by atoms with Gasteiger partial charge in [-0.3, -0.25) is 19.3 Å². The number of imide groups is 1. The Morgan fingerprint density at radius 3 is 2.54 bits per heavy atom. The molecule has 3 amide bonds. The molecule has 1 aliphatic heterocycles. The number of ether oxygens (including phenoxy) is 2. The predicted octanol–water partition coefficient (Wildman–Crippen LogP) is 7.13. The lowest BCUT2D eigenvalue weighted by Crippen LogP contribution is -2.27. The average Bonchev–Trinajstić information content (AvgIpc) is 3.13. The molecule has 0 radical (unpaired) electrons. The van der Waals surface area contributed by atoms with Crippen LogP contribution in [0, 0.1) is 0 Å². The summed E-state index contributed by atoms with van der Waals surface area (Å²) in [5, 5.41) is 2.76. The van der Waals surface area contributed by atoms with E-state index in [4.69, 9.17) is 21.1 Å². The van der Waals surface area contributed by atoms with Crippen molar-refractivity contribution in [2.24, 2.45) is 0 Å². The summed E-state index contributed by atoms with van der Waals surface area (Å²) < 4.78 is 12.5. The second-order valence-corrected chi connectivity index (χ2v) is 10.8. The molecular weight excluding hydrogens is 648 g/mol.